The van der Waals surface area contributed by atoms with Crippen LogP contribution in [0.2, 0.25) is 0 Å². The lowest BCUT2D eigenvalue weighted by Gasteiger charge is -2.29. The van der Waals surface area contributed by atoms with Crippen molar-refractivity contribution in [3.8, 4) is 11.1 Å². The zero-order valence-electron chi connectivity index (χ0n) is 18.0. The molecule has 2 aromatic heterocycles. The number of aromatic nitrogens is 3. The third-order valence-electron chi connectivity index (χ3n) is 6.17. The summed E-state index contributed by atoms with van der Waals surface area (Å²) in [5.41, 5.74) is 6.85. The quantitative estimate of drug-likeness (QED) is 0.644. The van der Waals surface area contributed by atoms with Gasteiger partial charge in [0.1, 0.15) is 6.61 Å². The van der Waals surface area contributed by atoms with E-state index in [1.807, 2.05) is 30.5 Å². The van der Waals surface area contributed by atoms with E-state index in [-0.39, 0.29) is 17.8 Å². The topological polar surface area (TPSA) is 89.3 Å². The average molecular weight is 429 g/mol. The maximum Gasteiger partial charge on any atom is 0.282 e. The van der Waals surface area contributed by atoms with Crippen molar-refractivity contribution in [2.75, 3.05) is 11.9 Å². The number of hydrogen-bond donors (Lipinski definition) is 1. The molecule has 1 aliphatic heterocycles. The van der Waals surface area contributed by atoms with Crippen molar-refractivity contribution in [3.05, 3.63) is 71.1 Å². The molecule has 0 bridgehead atoms. The van der Waals surface area contributed by atoms with Gasteiger partial charge in [-0.15, -0.1) is 0 Å². The zero-order valence-corrected chi connectivity index (χ0v) is 18.0. The minimum absolute atomic E-state index is 0.0914. The van der Waals surface area contributed by atoms with Gasteiger partial charge in [0.15, 0.2) is 5.94 Å². The standard InChI is InChI=1S/C24H23N5O3/c1-28-12-17(9-26-28)24(31)27-21-5-3-4-18-19(10-25-11-20(18)21)15-6-7-22-16(8-15)14-32-23(13-30)29(22)2/h6-12,21H,3-5,14H2,1-2H3,(H,27,31). The van der Waals surface area contributed by atoms with Gasteiger partial charge in [0, 0.05) is 43.8 Å². The lowest BCUT2D eigenvalue weighted by atomic mass is 9.84. The molecule has 0 fully saturated rings. The second-order valence-electron chi connectivity index (χ2n) is 8.17. The third-order valence-corrected chi connectivity index (χ3v) is 6.17. The molecule has 0 saturated carbocycles. The average Bonchev–Trinajstić information content (AvgIpc) is 3.25. The Morgan fingerprint density at radius 2 is 2.12 bits per heavy atom. The number of hydrogen-bond acceptors (Lipinski definition) is 6. The summed E-state index contributed by atoms with van der Waals surface area (Å²) in [7, 11) is 3.58. The fourth-order valence-electron chi connectivity index (χ4n) is 4.55. The predicted octanol–water partition coefficient (Wildman–Crippen LogP) is 2.93. The van der Waals surface area contributed by atoms with Crippen LogP contribution in [0.15, 0.2) is 48.9 Å². The second kappa shape index (κ2) is 7.98. The van der Waals surface area contributed by atoms with Crippen LogP contribution in [0.5, 0.6) is 0 Å². The molecule has 0 spiro atoms. The monoisotopic (exact) mass is 429 g/mol. The number of amides is 1. The predicted molar refractivity (Wildman–Crippen MR) is 118 cm³/mol. The van der Waals surface area contributed by atoms with Crippen molar-refractivity contribution in [2.45, 2.75) is 31.9 Å². The summed E-state index contributed by atoms with van der Waals surface area (Å²) in [6, 6.07) is 6.03. The molecule has 3 heterocycles. The Bertz CT molecular complexity index is 1260. The number of anilines is 1. The Balaban J connectivity index is 1.47. The summed E-state index contributed by atoms with van der Waals surface area (Å²) in [4.78, 5) is 30.0. The number of aryl methyl sites for hydroxylation is 1. The van der Waals surface area contributed by atoms with Crippen LogP contribution in [0.1, 0.15) is 45.9 Å². The van der Waals surface area contributed by atoms with Crippen LogP contribution in [-0.2, 0) is 29.6 Å². The van der Waals surface area contributed by atoms with Gasteiger partial charge in [0.05, 0.1) is 23.5 Å². The number of nitrogens with zero attached hydrogens (tertiary/aromatic N) is 4. The minimum atomic E-state index is -0.130. The number of benzene rings is 1. The van der Waals surface area contributed by atoms with E-state index >= 15 is 0 Å². The molecular weight excluding hydrogens is 406 g/mol. The summed E-state index contributed by atoms with van der Waals surface area (Å²) >= 11 is 0. The van der Waals surface area contributed by atoms with E-state index < -0.39 is 0 Å². The first-order valence-electron chi connectivity index (χ1n) is 10.6. The summed E-state index contributed by atoms with van der Waals surface area (Å²) < 4.78 is 7.14. The molecule has 1 aromatic carbocycles. The van der Waals surface area contributed by atoms with Crippen LogP contribution >= 0.6 is 0 Å². The number of rotatable bonds is 3. The molecule has 0 radical (unpaired) electrons. The fourth-order valence-corrected chi connectivity index (χ4v) is 4.55. The van der Waals surface area contributed by atoms with Crippen LogP contribution in [-0.4, -0.2) is 33.7 Å². The highest BCUT2D eigenvalue weighted by Crippen LogP contribution is 2.38. The van der Waals surface area contributed by atoms with Gasteiger partial charge in [-0.05, 0) is 48.1 Å². The molecule has 1 amide bonds. The Morgan fingerprint density at radius 3 is 2.91 bits per heavy atom. The zero-order chi connectivity index (χ0) is 22.2. The van der Waals surface area contributed by atoms with Crippen LogP contribution in [0.4, 0.5) is 5.69 Å². The van der Waals surface area contributed by atoms with Gasteiger partial charge in [-0.3, -0.25) is 14.5 Å². The molecule has 1 unspecified atom stereocenters. The summed E-state index contributed by atoms with van der Waals surface area (Å²) in [5.74, 6) is 1.90. The lowest BCUT2D eigenvalue weighted by molar-refractivity contribution is 0.0932. The highest BCUT2D eigenvalue weighted by molar-refractivity contribution is 5.94. The minimum Gasteiger partial charge on any atom is -0.466 e. The number of ether oxygens (including phenoxy) is 1. The molecule has 5 rings (SSSR count). The first-order chi connectivity index (χ1) is 15.5. The van der Waals surface area contributed by atoms with Gasteiger partial charge in [-0.1, -0.05) is 6.07 Å². The van der Waals surface area contributed by atoms with Crippen LogP contribution < -0.4 is 10.2 Å². The van der Waals surface area contributed by atoms with E-state index in [9.17, 15) is 9.59 Å². The molecule has 2 aliphatic rings. The molecule has 162 valence electrons. The van der Waals surface area contributed by atoms with E-state index in [1.165, 1.54) is 5.56 Å². The molecular formula is C24H23N5O3. The van der Waals surface area contributed by atoms with E-state index in [2.05, 4.69) is 21.5 Å². The van der Waals surface area contributed by atoms with E-state index in [0.29, 0.717) is 12.2 Å². The number of nitrogens with one attached hydrogen (secondary N) is 1. The largest absolute Gasteiger partial charge is 0.466 e. The van der Waals surface area contributed by atoms with Crippen molar-refractivity contribution in [1.82, 2.24) is 20.1 Å². The van der Waals surface area contributed by atoms with Crippen LogP contribution in [0.25, 0.3) is 11.1 Å². The SMILES string of the molecule is CN1C(=C=O)OCc2cc(-c3cncc4c3CCCC4NC(=O)c3cnn(C)c3)ccc21. The molecule has 32 heavy (non-hydrogen) atoms. The van der Waals surface area contributed by atoms with Crippen molar-refractivity contribution < 1.29 is 14.3 Å². The smallest absolute Gasteiger partial charge is 0.282 e. The molecule has 0 saturated heterocycles. The molecule has 1 atom stereocenters. The number of carbonyl (C=O) groups excluding carboxylic acids is 2. The maximum absolute atomic E-state index is 12.7. The van der Waals surface area contributed by atoms with Crippen LogP contribution in [0, 0.1) is 0 Å². The van der Waals surface area contributed by atoms with Crippen molar-refractivity contribution in [2.24, 2.45) is 7.05 Å². The number of pyridine rings is 1. The van der Waals surface area contributed by atoms with Crippen LogP contribution in [0.3, 0.4) is 0 Å². The highest BCUT2D eigenvalue weighted by Gasteiger charge is 2.26. The van der Waals surface area contributed by atoms with Gasteiger partial charge in [0.2, 0.25) is 0 Å². The Morgan fingerprint density at radius 1 is 1.25 bits per heavy atom. The van der Waals surface area contributed by atoms with Gasteiger partial charge < -0.3 is 15.0 Å². The molecule has 8 heteroatoms. The summed E-state index contributed by atoms with van der Waals surface area (Å²) in [5, 5.41) is 7.24. The first kappa shape index (κ1) is 20.0. The van der Waals surface area contributed by atoms with E-state index in [0.717, 1.165) is 47.2 Å². The highest BCUT2D eigenvalue weighted by atomic mass is 16.5. The second-order valence-corrected chi connectivity index (χ2v) is 8.17. The number of fused-ring (bicyclic) bond motifs is 2. The number of carbonyl (C=O) groups is 1. The molecule has 1 N–H and O–H groups in total. The van der Waals surface area contributed by atoms with Crippen molar-refractivity contribution >= 4 is 17.5 Å². The van der Waals surface area contributed by atoms with E-state index in [1.54, 1.807) is 36.1 Å². The fraction of sp³-hybridized carbons (Fsp3) is 0.292. The lowest BCUT2D eigenvalue weighted by Crippen LogP contribution is -2.31. The first-order valence-corrected chi connectivity index (χ1v) is 10.6. The Kier molecular flexibility index (Phi) is 4.99. The van der Waals surface area contributed by atoms with Crippen molar-refractivity contribution in [1.29, 1.82) is 0 Å². The van der Waals surface area contributed by atoms with Gasteiger partial charge >= 0.3 is 0 Å². The Labute approximate surface area is 185 Å². The molecule has 8 nitrogen and oxygen atoms in total. The van der Waals surface area contributed by atoms with E-state index in [4.69, 9.17) is 4.74 Å². The summed E-state index contributed by atoms with van der Waals surface area (Å²) in [6.45, 7) is 0.324. The molecule has 3 aromatic rings. The van der Waals surface area contributed by atoms with Crippen molar-refractivity contribution in [3.63, 3.8) is 0 Å². The van der Waals surface area contributed by atoms with Gasteiger partial charge in [-0.2, -0.15) is 5.10 Å². The normalized spacial score (nSPS) is 17.1. The summed E-state index contributed by atoms with van der Waals surface area (Å²) in [6.07, 6.45) is 9.81. The van der Waals surface area contributed by atoms with Gasteiger partial charge in [-0.25, -0.2) is 4.79 Å². The van der Waals surface area contributed by atoms with Gasteiger partial charge in [0.25, 0.3) is 11.8 Å². The third kappa shape index (κ3) is 3.44. The Hall–Kier alpha value is -3.90. The molecule has 1 aliphatic carbocycles. The maximum atomic E-state index is 12.7.